The number of hydrogen-bond donors (Lipinski definition) is 1. The summed E-state index contributed by atoms with van der Waals surface area (Å²) in [6.07, 6.45) is 0. The van der Waals surface area contributed by atoms with Crippen LogP contribution in [0.3, 0.4) is 0 Å². The van der Waals surface area contributed by atoms with Crippen molar-refractivity contribution in [1.29, 1.82) is 0 Å². The zero-order valence-electron chi connectivity index (χ0n) is 8.78. The van der Waals surface area contributed by atoms with Crippen molar-refractivity contribution in [2.24, 2.45) is 0 Å². The van der Waals surface area contributed by atoms with Crippen LogP contribution in [0.15, 0.2) is 60.7 Å². The molecule has 3 heteroatoms. The molecule has 0 aliphatic rings. The van der Waals surface area contributed by atoms with Crippen LogP contribution >= 0.6 is 8.38 Å². The average Bonchev–Trinajstić information content (AvgIpc) is 2.38. The molecule has 1 atom stereocenters. The molecule has 0 aliphatic heterocycles. The van der Waals surface area contributed by atoms with Crippen molar-refractivity contribution < 1.29 is 9.42 Å². The summed E-state index contributed by atoms with van der Waals surface area (Å²) in [5.41, 5.74) is 1.07. The van der Waals surface area contributed by atoms with Gasteiger partial charge in [-0.15, -0.1) is 0 Å². The lowest BCUT2D eigenvalue weighted by molar-refractivity contribution is 0.306. The number of benzene rings is 2. The Kier molecular flexibility index (Phi) is 4.06. The van der Waals surface area contributed by atoms with E-state index in [1.54, 1.807) is 0 Å². The van der Waals surface area contributed by atoms with Gasteiger partial charge in [-0.1, -0.05) is 48.5 Å². The zero-order valence-corrected chi connectivity index (χ0v) is 9.68. The average molecular weight is 232 g/mol. The van der Waals surface area contributed by atoms with Crippen molar-refractivity contribution in [3.05, 3.63) is 66.2 Å². The van der Waals surface area contributed by atoms with Crippen molar-refractivity contribution in [1.82, 2.24) is 0 Å². The highest BCUT2D eigenvalue weighted by atomic mass is 31.2. The SMILES string of the molecule is OP(OCc1ccccc1)c1ccccc1. The topological polar surface area (TPSA) is 29.5 Å². The third kappa shape index (κ3) is 3.14. The van der Waals surface area contributed by atoms with Crippen molar-refractivity contribution in [2.75, 3.05) is 0 Å². The number of hydrogen-bond acceptors (Lipinski definition) is 2. The van der Waals surface area contributed by atoms with Gasteiger partial charge >= 0.3 is 0 Å². The van der Waals surface area contributed by atoms with E-state index in [0.717, 1.165) is 10.9 Å². The molecule has 0 aliphatic carbocycles. The predicted molar refractivity (Wildman–Crippen MR) is 66.4 cm³/mol. The largest absolute Gasteiger partial charge is 0.346 e. The molecule has 2 rings (SSSR count). The second-order valence-electron chi connectivity index (χ2n) is 3.37. The quantitative estimate of drug-likeness (QED) is 0.821. The van der Waals surface area contributed by atoms with Crippen LogP contribution in [-0.4, -0.2) is 4.89 Å². The fourth-order valence-corrected chi connectivity index (χ4v) is 2.19. The van der Waals surface area contributed by atoms with Crippen LogP contribution in [0, 0.1) is 0 Å². The van der Waals surface area contributed by atoms with Gasteiger partial charge in [0.25, 0.3) is 0 Å². The summed E-state index contributed by atoms with van der Waals surface area (Å²) >= 11 is 0. The van der Waals surface area contributed by atoms with E-state index < -0.39 is 8.38 Å². The molecule has 2 aromatic rings. The first-order valence-corrected chi connectivity index (χ1v) is 6.28. The molecule has 0 heterocycles. The molecular weight excluding hydrogens is 219 g/mol. The summed E-state index contributed by atoms with van der Waals surface area (Å²) in [6.45, 7) is 0.442. The van der Waals surface area contributed by atoms with Gasteiger partial charge in [-0.3, -0.25) is 0 Å². The molecule has 2 aromatic carbocycles. The molecule has 0 aromatic heterocycles. The minimum atomic E-state index is -1.50. The Balaban J connectivity index is 1.92. The van der Waals surface area contributed by atoms with Gasteiger partial charge in [0.2, 0.25) is 8.38 Å². The third-order valence-corrected chi connectivity index (χ3v) is 3.29. The van der Waals surface area contributed by atoms with Crippen LogP contribution in [0.25, 0.3) is 0 Å². The molecule has 0 spiro atoms. The highest BCUT2D eigenvalue weighted by Crippen LogP contribution is 2.31. The monoisotopic (exact) mass is 232 g/mol. The van der Waals surface area contributed by atoms with E-state index in [4.69, 9.17) is 4.52 Å². The van der Waals surface area contributed by atoms with Crippen molar-refractivity contribution >= 4 is 13.7 Å². The Morgan fingerprint density at radius 1 is 0.875 bits per heavy atom. The summed E-state index contributed by atoms with van der Waals surface area (Å²) < 4.78 is 5.43. The third-order valence-electron chi connectivity index (χ3n) is 2.17. The Morgan fingerprint density at radius 3 is 2.06 bits per heavy atom. The first-order valence-electron chi connectivity index (χ1n) is 5.07. The Morgan fingerprint density at radius 2 is 1.44 bits per heavy atom. The lowest BCUT2D eigenvalue weighted by Crippen LogP contribution is -2.01. The van der Waals surface area contributed by atoms with E-state index in [0.29, 0.717) is 6.61 Å². The van der Waals surface area contributed by atoms with Gasteiger partial charge in [-0.2, -0.15) is 0 Å². The molecule has 2 nitrogen and oxygen atoms in total. The lowest BCUT2D eigenvalue weighted by atomic mass is 10.2. The van der Waals surface area contributed by atoms with Gasteiger partial charge < -0.3 is 9.42 Å². The molecule has 1 N–H and O–H groups in total. The van der Waals surface area contributed by atoms with E-state index in [1.807, 2.05) is 60.7 Å². The Labute approximate surface area is 96.4 Å². The highest BCUT2D eigenvalue weighted by molar-refractivity contribution is 7.54. The molecule has 0 saturated carbocycles. The van der Waals surface area contributed by atoms with E-state index in [1.165, 1.54) is 0 Å². The second-order valence-corrected chi connectivity index (χ2v) is 4.69. The van der Waals surface area contributed by atoms with Gasteiger partial charge in [0.05, 0.1) is 6.61 Å². The molecule has 16 heavy (non-hydrogen) atoms. The smallest absolute Gasteiger partial charge is 0.202 e. The maximum Gasteiger partial charge on any atom is 0.202 e. The Bertz CT molecular complexity index is 416. The summed E-state index contributed by atoms with van der Waals surface area (Å²) in [6, 6.07) is 19.3. The first kappa shape index (κ1) is 11.3. The molecule has 82 valence electrons. The summed E-state index contributed by atoms with van der Waals surface area (Å²) in [5.74, 6) is 0. The minimum absolute atomic E-state index is 0.442. The van der Waals surface area contributed by atoms with Crippen LogP contribution in [0.2, 0.25) is 0 Å². The van der Waals surface area contributed by atoms with Gasteiger partial charge in [-0.05, 0) is 17.7 Å². The van der Waals surface area contributed by atoms with E-state index >= 15 is 0 Å². The van der Waals surface area contributed by atoms with Crippen LogP contribution in [0.1, 0.15) is 5.56 Å². The number of rotatable bonds is 4. The molecule has 0 radical (unpaired) electrons. The molecule has 0 amide bonds. The van der Waals surface area contributed by atoms with Gasteiger partial charge in [0, 0.05) is 5.30 Å². The first-order chi connectivity index (χ1) is 7.86. The summed E-state index contributed by atoms with van der Waals surface area (Å²) in [4.78, 5) is 9.82. The van der Waals surface area contributed by atoms with Crippen LogP contribution < -0.4 is 5.30 Å². The Hall–Kier alpha value is -1.21. The van der Waals surface area contributed by atoms with E-state index in [9.17, 15) is 4.89 Å². The van der Waals surface area contributed by atoms with Crippen LogP contribution in [0.4, 0.5) is 0 Å². The van der Waals surface area contributed by atoms with Gasteiger partial charge in [0.15, 0.2) is 0 Å². The maximum absolute atomic E-state index is 9.82. The molecule has 0 bridgehead atoms. The molecule has 0 saturated heterocycles. The minimum Gasteiger partial charge on any atom is -0.346 e. The van der Waals surface area contributed by atoms with Crippen LogP contribution in [-0.2, 0) is 11.1 Å². The second kappa shape index (κ2) is 5.76. The van der Waals surface area contributed by atoms with Gasteiger partial charge in [0.1, 0.15) is 0 Å². The zero-order chi connectivity index (χ0) is 11.2. The molecule has 1 unspecified atom stereocenters. The predicted octanol–water partition coefficient (Wildman–Crippen LogP) is 2.83. The fraction of sp³-hybridized carbons (Fsp3) is 0.0769. The van der Waals surface area contributed by atoms with Crippen molar-refractivity contribution in [3.8, 4) is 0 Å². The van der Waals surface area contributed by atoms with E-state index in [-0.39, 0.29) is 0 Å². The summed E-state index contributed by atoms with van der Waals surface area (Å²) in [7, 11) is -1.50. The van der Waals surface area contributed by atoms with Crippen molar-refractivity contribution in [3.63, 3.8) is 0 Å². The van der Waals surface area contributed by atoms with Gasteiger partial charge in [-0.25, -0.2) is 0 Å². The summed E-state index contributed by atoms with van der Waals surface area (Å²) in [5, 5.41) is 0.841. The maximum atomic E-state index is 9.82. The van der Waals surface area contributed by atoms with Crippen LogP contribution in [0.5, 0.6) is 0 Å². The van der Waals surface area contributed by atoms with Crippen molar-refractivity contribution in [2.45, 2.75) is 6.61 Å². The molecular formula is C13H13O2P. The standard InChI is InChI=1S/C13H13O2P/c14-16(13-9-5-2-6-10-13)15-11-12-7-3-1-4-8-12/h1-10,14H,11H2. The van der Waals surface area contributed by atoms with E-state index in [2.05, 4.69) is 0 Å². The lowest BCUT2D eigenvalue weighted by Gasteiger charge is -2.10. The normalized spacial score (nSPS) is 12.3. The fourth-order valence-electron chi connectivity index (χ4n) is 1.34. The highest BCUT2D eigenvalue weighted by Gasteiger charge is 2.07. The molecule has 0 fully saturated rings.